The van der Waals surface area contributed by atoms with Gasteiger partial charge in [0.1, 0.15) is 5.75 Å². The van der Waals surface area contributed by atoms with Crippen molar-refractivity contribution in [1.82, 2.24) is 15.8 Å². The summed E-state index contributed by atoms with van der Waals surface area (Å²) in [7, 11) is 2.05. The second kappa shape index (κ2) is 18.6. The molecule has 1 unspecified atom stereocenters. The van der Waals surface area contributed by atoms with Crippen molar-refractivity contribution in [3.8, 4) is 16.9 Å². The summed E-state index contributed by atoms with van der Waals surface area (Å²) in [4.78, 5) is 0. The number of allylic oxidation sites excluding steroid dienone is 1. The maximum atomic E-state index is 8.76. The molecule has 0 saturated carbocycles. The summed E-state index contributed by atoms with van der Waals surface area (Å²) in [6, 6.07) is 24.9. The summed E-state index contributed by atoms with van der Waals surface area (Å²) in [6.07, 6.45) is 5.66. The molecule has 1 fully saturated rings. The maximum Gasteiger partial charge on any atom is 0.115 e. The number of benzene rings is 3. The van der Waals surface area contributed by atoms with Gasteiger partial charge in [0.15, 0.2) is 0 Å². The molecule has 4 rings (SSSR count). The average molecular weight is 534 g/mol. The van der Waals surface area contributed by atoms with E-state index in [9.17, 15) is 0 Å². The van der Waals surface area contributed by atoms with Crippen molar-refractivity contribution in [2.45, 2.75) is 33.7 Å². The van der Waals surface area contributed by atoms with Crippen LogP contribution in [0.4, 0.5) is 5.69 Å². The summed E-state index contributed by atoms with van der Waals surface area (Å²) in [5.74, 6) is 0.329. The molecule has 7 nitrogen and oxygen atoms in total. The van der Waals surface area contributed by atoms with Crippen LogP contribution in [0, 0.1) is 13.8 Å². The predicted octanol–water partition coefficient (Wildman–Crippen LogP) is 4.78. The van der Waals surface area contributed by atoms with E-state index in [-0.39, 0.29) is 5.48 Å². The molecular weight excluding hydrogens is 486 g/mol. The molecule has 212 valence electrons. The monoisotopic (exact) mass is 533 g/mol. The fraction of sp³-hybridized carbons (Fsp3) is 0.312. The molecule has 1 aliphatic heterocycles. The van der Waals surface area contributed by atoms with Crippen molar-refractivity contribution in [2.75, 3.05) is 38.5 Å². The van der Waals surface area contributed by atoms with Gasteiger partial charge in [-0.2, -0.15) is 0 Å². The normalized spacial score (nSPS) is 14.7. The lowest BCUT2D eigenvalue weighted by atomic mass is 10.0. The highest BCUT2D eigenvalue weighted by atomic mass is 16.3. The number of nitrogens with zero attached hydrogens (tertiary/aromatic N) is 1. The predicted molar refractivity (Wildman–Crippen MR) is 167 cm³/mol. The maximum absolute atomic E-state index is 8.76. The fourth-order valence-corrected chi connectivity index (χ4v) is 3.58. The molecule has 0 spiro atoms. The smallest absolute Gasteiger partial charge is 0.115 e. The molecular formula is C32H47N5O2. The van der Waals surface area contributed by atoms with Crippen LogP contribution in [-0.2, 0) is 0 Å². The SMILES string of the molecule is C/C=C\C(=C/N)CNCCNc1ccc(-c2ccccc2)cc1C.CC1CNN1C.Cc1ccc(O)cc1.O. The van der Waals surface area contributed by atoms with Crippen LogP contribution in [0.1, 0.15) is 25.0 Å². The molecule has 7 heteroatoms. The summed E-state index contributed by atoms with van der Waals surface area (Å²) in [6.45, 7) is 12.0. The van der Waals surface area contributed by atoms with Gasteiger partial charge in [0, 0.05) is 45.0 Å². The molecule has 8 N–H and O–H groups in total. The van der Waals surface area contributed by atoms with Gasteiger partial charge in [0.25, 0.3) is 0 Å². The first-order valence-electron chi connectivity index (χ1n) is 13.2. The number of phenolic OH excluding ortho intramolecular Hbond substituents is 1. The van der Waals surface area contributed by atoms with Gasteiger partial charge in [-0.3, -0.25) is 5.43 Å². The van der Waals surface area contributed by atoms with E-state index in [0.29, 0.717) is 5.75 Å². The van der Waals surface area contributed by atoms with Gasteiger partial charge in [-0.05, 0) is 80.4 Å². The topological polar surface area (TPSA) is 117 Å². The van der Waals surface area contributed by atoms with Crippen LogP contribution in [-0.4, -0.2) is 54.9 Å². The summed E-state index contributed by atoms with van der Waals surface area (Å²) in [5.41, 5.74) is 15.9. The van der Waals surface area contributed by atoms with Crippen molar-refractivity contribution in [3.05, 3.63) is 108 Å². The Labute approximate surface area is 234 Å². The van der Waals surface area contributed by atoms with Gasteiger partial charge in [-0.25, -0.2) is 5.01 Å². The van der Waals surface area contributed by atoms with E-state index in [0.717, 1.165) is 37.8 Å². The number of hydrazine groups is 1. The van der Waals surface area contributed by atoms with Crippen LogP contribution in [0.5, 0.6) is 5.75 Å². The van der Waals surface area contributed by atoms with Crippen LogP contribution in [0.15, 0.2) is 96.7 Å². The molecule has 3 aromatic rings. The molecule has 39 heavy (non-hydrogen) atoms. The first-order valence-corrected chi connectivity index (χ1v) is 13.2. The van der Waals surface area contributed by atoms with Gasteiger partial charge in [-0.1, -0.05) is 66.2 Å². The van der Waals surface area contributed by atoms with Gasteiger partial charge < -0.3 is 26.9 Å². The van der Waals surface area contributed by atoms with Crippen molar-refractivity contribution in [1.29, 1.82) is 0 Å². The quantitative estimate of drug-likeness (QED) is 0.210. The first kappa shape index (κ1) is 33.4. The molecule has 0 aliphatic carbocycles. The average Bonchev–Trinajstić information content (AvgIpc) is 2.94. The molecule has 0 aromatic heterocycles. The second-order valence-electron chi connectivity index (χ2n) is 9.40. The summed E-state index contributed by atoms with van der Waals surface area (Å²) in [5, 5.41) is 17.7. The largest absolute Gasteiger partial charge is 0.508 e. The number of rotatable bonds is 8. The highest BCUT2D eigenvalue weighted by Crippen LogP contribution is 2.24. The zero-order valence-electron chi connectivity index (χ0n) is 24.0. The van der Waals surface area contributed by atoms with Crippen molar-refractivity contribution < 1.29 is 10.6 Å². The molecule has 1 aliphatic rings. The number of nitrogens with two attached hydrogens (primary N) is 1. The van der Waals surface area contributed by atoms with E-state index in [1.54, 1.807) is 18.3 Å². The third-order valence-electron chi connectivity index (χ3n) is 6.21. The Morgan fingerprint density at radius 3 is 2.18 bits per heavy atom. The third-order valence-corrected chi connectivity index (χ3v) is 6.21. The van der Waals surface area contributed by atoms with Gasteiger partial charge in [-0.15, -0.1) is 0 Å². The lowest BCUT2D eigenvalue weighted by Gasteiger charge is -2.35. The van der Waals surface area contributed by atoms with E-state index < -0.39 is 0 Å². The number of aromatic hydroxyl groups is 1. The molecule has 3 aromatic carbocycles. The van der Waals surface area contributed by atoms with Crippen LogP contribution in [0.3, 0.4) is 0 Å². The molecule has 0 amide bonds. The molecule has 1 atom stereocenters. The van der Waals surface area contributed by atoms with Gasteiger partial charge in [0.05, 0.1) is 0 Å². The minimum absolute atomic E-state index is 0. The Hall–Kier alpha value is -3.62. The lowest BCUT2D eigenvalue weighted by Crippen LogP contribution is -2.57. The van der Waals surface area contributed by atoms with Crippen LogP contribution < -0.4 is 21.8 Å². The number of anilines is 1. The van der Waals surface area contributed by atoms with E-state index in [1.165, 1.54) is 27.9 Å². The number of hydrogen-bond acceptors (Lipinski definition) is 6. The summed E-state index contributed by atoms with van der Waals surface area (Å²) < 4.78 is 0. The van der Waals surface area contributed by atoms with E-state index in [2.05, 4.69) is 77.4 Å². The van der Waals surface area contributed by atoms with E-state index in [4.69, 9.17) is 10.8 Å². The van der Waals surface area contributed by atoms with Gasteiger partial charge >= 0.3 is 0 Å². The van der Waals surface area contributed by atoms with E-state index in [1.807, 2.05) is 51.2 Å². The van der Waals surface area contributed by atoms with Crippen LogP contribution in [0.25, 0.3) is 11.1 Å². The van der Waals surface area contributed by atoms with Crippen molar-refractivity contribution in [2.24, 2.45) is 5.73 Å². The van der Waals surface area contributed by atoms with Crippen molar-refractivity contribution >= 4 is 5.69 Å². The Kier molecular flexibility index (Phi) is 15.9. The molecule has 1 saturated heterocycles. The van der Waals surface area contributed by atoms with Gasteiger partial charge in [0.2, 0.25) is 0 Å². The zero-order valence-corrected chi connectivity index (χ0v) is 24.0. The Balaban J connectivity index is 0.000000411. The van der Waals surface area contributed by atoms with Crippen molar-refractivity contribution in [3.63, 3.8) is 0 Å². The highest BCUT2D eigenvalue weighted by Gasteiger charge is 2.16. The minimum atomic E-state index is 0. The zero-order chi connectivity index (χ0) is 27.8. The Bertz CT molecular complexity index is 1100. The van der Waals surface area contributed by atoms with Crippen LogP contribution in [0.2, 0.25) is 0 Å². The first-order chi connectivity index (χ1) is 18.3. The lowest BCUT2D eigenvalue weighted by molar-refractivity contribution is 0.0697. The minimum Gasteiger partial charge on any atom is -0.508 e. The molecule has 0 bridgehead atoms. The summed E-state index contributed by atoms with van der Waals surface area (Å²) >= 11 is 0. The number of aryl methyl sites for hydroxylation is 2. The Morgan fingerprint density at radius 2 is 1.69 bits per heavy atom. The third kappa shape index (κ3) is 12.7. The highest BCUT2D eigenvalue weighted by molar-refractivity contribution is 5.68. The number of likely N-dealkylation sites (N-methyl/N-ethyl adjacent to an activating group) is 1. The standard InChI is InChI=1S/C21H27N3.C7H8O.C4H10N2.H2O/c1-3-7-18(15-22)16-23-12-13-24-21-11-10-20(14-17(21)2)19-8-5-4-6-9-19;1-6-2-4-7(8)5-3-6;1-4-3-5-6(4)2;/h3-11,14-15,23-24H,12-13,16,22H2,1-2H3;2-5,8H,1H3;4-5H,3H2,1-2H3;1H2/b7-3-,18-15+;;;. The second-order valence-corrected chi connectivity index (χ2v) is 9.40. The molecule has 0 radical (unpaired) electrons. The van der Waals surface area contributed by atoms with E-state index >= 15 is 0 Å². The number of nitrogens with one attached hydrogen (secondary N) is 3. The Morgan fingerprint density at radius 1 is 1.03 bits per heavy atom. The fourth-order valence-electron chi connectivity index (χ4n) is 3.58. The molecule has 1 heterocycles. The number of hydrogen-bond donors (Lipinski definition) is 5. The number of phenols is 1. The van der Waals surface area contributed by atoms with Crippen LogP contribution >= 0.6 is 0 Å².